The van der Waals surface area contributed by atoms with Crippen LogP contribution in [0.4, 0.5) is 4.39 Å². The molecule has 0 aromatic heterocycles. The average molecular weight is 223 g/mol. The fourth-order valence-corrected chi connectivity index (χ4v) is 2.02. The molecule has 0 amide bonds. The first kappa shape index (κ1) is 11.6. The summed E-state index contributed by atoms with van der Waals surface area (Å²) in [6.45, 7) is 3.51. The molecule has 0 unspecified atom stereocenters. The number of nitrogens with one attached hydrogen (secondary N) is 1. The molecule has 16 heavy (non-hydrogen) atoms. The molecule has 1 aromatic carbocycles. The largest absolute Gasteiger partial charge is 0.381 e. The first-order valence-corrected chi connectivity index (χ1v) is 5.87. The average Bonchev–Trinajstić information content (AvgIpc) is 2.30. The number of hydrogen-bond acceptors (Lipinski definition) is 2. The third-order valence-electron chi connectivity index (χ3n) is 2.99. The summed E-state index contributed by atoms with van der Waals surface area (Å²) in [5.41, 5.74) is 1.01. The standard InChI is InChI=1S/C13H18FNO/c14-13-3-1-2-12(8-13)10-15-9-11-4-6-16-7-5-11/h1-3,8,11,15H,4-7,9-10H2. The smallest absolute Gasteiger partial charge is 0.123 e. The van der Waals surface area contributed by atoms with Gasteiger partial charge in [0.1, 0.15) is 5.82 Å². The lowest BCUT2D eigenvalue weighted by Crippen LogP contribution is -2.27. The van der Waals surface area contributed by atoms with Gasteiger partial charge in [0, 0.05) is 19.8 Å². The third-order valence-corrected chi connectivity index (χ3v) is 2.99. The number of hydrogen-bond donors (Lipinski definition) is 1. The van der Waals surface area contributed by atoms with Crippen LogP contribution in [0, 0.1) is 11.7 Å². The van der Waals surface area contributed by atoms with Gasteiger partial charge in [-0.05, 0) is 43.0 Å². The maximum Gasteiger partial charge on any atom is 0.123 e. The Morgan fingerprint density at radius 3 is 2.88 bits per heavy atom. The minimum absolute atomic E-state index is 0.162. The SMILES string of the molecule is Fc1cccc(CNCC2CCOCC2)c1. The van der Waals surface area contributed by atoms with E-state index < -0.39 is 0 Å². The van der Waals surface area contributed by atoms with E-state index in [1.165, 1.54) is 6.07 Å². The van der Waals surface area contributed by atoms with Crippen molar-refractivity contribution in [2.24, 2.45) is 5.92 Å². The van der Waals surface area contributed by atoms with E-state index in [1.54, 1.807) is 12.1 Å². The van der Waals surface area contributed by atoms with Gasteiger partial charge in [0.2, 0.25) is 0 Å². The Bertz CT molecular complexity index is 323. The fraction of sp³-hybridized carbons (Fsp3) is 0.538. The first-order chi connectivity index (χ1) is 7.84. The Kier molecular flexibility index (Phi) is 4.31. The van der Waals surface area contributed by atoms with Crippen molar-refractivity contribution in [1.29, 1.82) is 0 Å². The fourth-order valence-electron chi connectivity index (χ4n) is 2.02. The van der Waals surface area contributed by atoms with Gasteiger partial charge in [-0.1, -0.05) is 12.1 Å². The molecule has 1 fully saturated rings. The molecule has 0 aliphatic carbocycles. The van der Waals surface area contributed by atoms with Gasteiger partial charge in [-0.15, -0.1) is 0 Å². The molecule has 1 saturated heterocycles. The highest BCUT2D eigenvalue weighted by Crippen LogP contribution is 2.13. The predicted octanol–water partition coefficient (Wildman–Crippen LogP) is 2.34. The van der Waals surface area contributed by atoms with E-state index in [9.17, 15) is 4.39 Å². The van der Waals surface area contributed by atoms with E-state index in [0.717, 1.165) is 44.7 Å². The second-order valence-electron chi connectivity index (χ2n) is 4.32. The molecule has 0 saturated carbocycles. The lowest BCUT2D eigenvalue weighted by Gasteiger charge is -2.22. The van der Waals surface area contributed by atoms with E-state index in [4.69, 9.17) is 4.74 Å². The highest BCUT2D eigenvalue weighted by molar-refractivity contribution is 5.15. The van der Waals surface area contributed by atoms with Crippen LogP contribution in [0.15, 0.2) is 24.3 Å². The molecule has 0 radical (unpaired) electrons. The molecule has 2 rings (SSSR count). The number of benzene rings is 1. The predicted molar refractivity (Wildman–Crippen MR) is 61.6 cm³/mol. The Hall–Kier alpha value is -0.930. The van der Waals surface area contributed by atoms with Crippen LogP contribution in [0.1, 0.15) is 18.4 Å². The topological polar surface area (TPSA) is 21.3 Å². The molecule has 3 heteroatoms. The molecule has 0 bridgehead atoms. The molecular formula is C13H18FNO. The Morgan fingerprint density at radius 2 is 2.12 bits per heavy atom. The second kappa shape index (κ2) is 5.97. The van der Waals surface area contributed by atoms with Crippen molar-refractivity contribution in [3.63, 3.8) is 0 Å². The van der Waals surface area contributed by atoms with Crippen LogP contribution in [-0.4, -0.2) is 19.8 Å². The molecule has 1 aliphatic heterocycles. The highest BCUT2D eigenvalue weighted by atomic mass is 19.1. The van der Waals surface area contributed by atoms with Crippen LogP contribution >= 0.6 is 0 Å². The molecule has 88 valence electrons. The molecule has 0 atom stereocenters. The van der Waals surface area contributed by atoms with Crippen molar-refractivity contribution in [1.82, 2.24) is 5.32 Å². The molecule has 1 aliphatic rings. The third kappa shape index (κ3) is 3.58. The number of ether oxygens (including phenoxy) is 1. The van der Waals surface area contributed by atoms with Gasteiger partial charge >= 0.3 is 0 Å². The zero-order valence-corrected chi connectivity index (χ0v) is 9.42. The van der Waals surface area contributed by atoms with Gasteiger partial charge in [0.05, 0.1) is 0 Å². The molecule has 1 aromatic rings. The van der Waals surface area contributed by atoms with Crippen molar-refractivity contribution in [3.05, 3.63) is 35.6 Å². The summed E-state index contributed by atoms with van der Waals surface area (Å²) in [5, 5.41) is 3.38. The van der Waals surface area contributed by atoms with Crippen LogP contribution in [0.25, 0.3) is 0 Å². The highest BCUT2D eigenvalue weighted by Gasteiger charge is 2.12. The summed E-state index contributed by atoms with van der Waals surface area (Å²) >= 11 is 0. The van der Waals surface area contributed by atoms with Gasteiger partial charge in [-0.3, -0.25) is 0 Å². The second-order valence-corrected chi connectivity index (χ2v) is 4.32. The molecule has 1 N–H and O–H groups in total. The van der Waals surface area contributed by atoms with Crippen molar-refractivity contribution < 1.29 is 9.13 Å². The minimum atomic E-state index is -0.162. The van der Waals surface area contributed by atoms with Gasteiger partial charge < -0.3 is 10.1 Å². The van der Waals surface area contributed by atoms with E-state index in [1.807, 2.05) is 6.07 Å². The van der Waals surface area contributed by atoms with Crippen LogP contribution in [0.5, 0.6) is 0 Å². The summed E-state index contributed by atoms with van der Waals surface area (Å²) in [6.07, 6.45) is 2.27. The van der Waals surface area contributed by atoms with Gasteiger partial charge in [-0.2, -0.15) is 0 Å². The summed E-state index contributed by atoms with van der Waals surface area (Å²) < 4.78 is 18.2. The van der Waals surface area contributed by atoms with Crippen LogP contribution < -0.4 is 5.32 Å². The van der Waals surface area contributed by atoms with Gasteiger partial charge in [-0.25, -0.2) is 4.39 Å². The zero-order chi connectivity index (χ0) is 11.2. The summed E-state index contributed by atoms with van der Waals surface area (Å²) in [4.78, 5) is 0. The molecular weight excluding hydrogens is 205 g/mol. The minimum Gasteiger partial charge on any atom is -0.381 e. The number of rotatable bonds is 4. The van der Waals surface area contributed by atoms with Gasteiger partial charge in [0.25, 0.3) is 0 Å². The quantitative estimate of drug-likeness (QED) is 0.846. The first-order valence-electron chi connectivity index (χ1n) is 5.87. The maximum absolute atomic E-state index is 12.9. The van der Waals surface area contributed by atoms with Crippen molar-refractivity contribution in [2.75, 3.05) is 19.8 Å². The van der Waals surface area contributed by atoms with E-state index >= 15 is 0 Å². The lowest BCUT2D eigenvalue weighted by molar-refractivity contribution is 0.0662. The van der Waals surface area contributed by atoms with Crippen molar-refractivity contribution in [2.45, 2.75) is 19.4 Å². The van der Waals surface area contributed by atoms with Crippen LogP contribution in [0.3, 0.4) is 0 Å². The Labute approximate surface area is 95.8 Å². The zero-order valence-electron chi connectivity index (χ0n) is 9.42. The van der Waals surface area contributed by atoms with E-state index in [0.29, 0.717) is 5.92 Å². The lowest BCUT2D eigenvalue weighted by atomic mass is 10.0. The van der Waals surface area contributed by atoms with E-state index in [2.05, 4.69) is 5.32 Å². The normalized spacial score (nSPS) is 17.6. The van der Waals surface area contributed by atoms with Crippen molar-refractivity contribution in [3.8, 4) is 0 Å². The van der Waals surface area contributed by atoms with Crippen LogP contribution in [0.2, 0.25) is 0 Å². The maximum atomic E-state index is 12.9. The van der Waals surface area contributed by atoms with Crippen LogP contribution in [-0.2, 0) is 11.3 Å². The summed E-state index contributed by atoms with van der Waals surface area (Å²) in [6, 6.07) is 6.75. The van der Waals surface area contributed by atoms with E-state index in [-0.39, 0.29) is 5.82 Å². The molecule has 1 heterocycles. The summed E-state index contributed by atoms with van der Waals surface area (Å²) in [5.74, 6) is 0.549. The molecule has 2 nitrogen and oxygen atoms in total. The summed E-state index contributed by atoms with van der Waals surface area (Å²) in [7, 11) is 0. The van der Waals surface area contributed by atoms with Gasteiger partial charge in [0.15, 0.2) is 0 Å². The number of halogens is 1. The molecule has 0 spiro atoms. The monoisotopic (exact) mass is 223 g/mol. The Morgan fingerprint density at radius 1 is 1.31 bits per heavy atom. The van der Waals surface area contributed by atoms with Crippen molar-refractivity contribution >= 4 is 0 Å². The Balaban J connectivity index is 1.71.